The summed E-state index contributed by atoms with van der Waals surface area (Å²) in [5, 5.41) is 4.84. The van der Waals surface area contributed by atoms with Crippen LogP contribution in [0.5, 0.6) is 0 Å². The minimum Gasteiger partial charge on any atom is -0.352 e. The zero-order chi connectivity index (χ0) is 21.3. The van der Waals surface area contributed by atoms with Gasteiger partial charge in [-0.05, 0) is 74.6 Å². The number of fused-ring (bicyclic) bond motifs is 1. The Morgan fingerprint density at radius 1 is 1.10 bits per heavy atom. The Labute approximate surface area is 182 Å². The van der Waals surface area contributed by atoms with E-state index in [0.717, 1.165) is 54.0 Å². The SMILES string of the molecule is Cc1cc2nc(N3CCC(C(=O)NCc4cccc(Cl)c4)CC3)nc(C)c2cc1C. The molecule has 30 heavy (non-hydrogen) atoms. The third kappa shape index (κ3) is 4.41. The second-order valence-electron chi connectivity index (χ2n) is 8.17. The van der Waals surface area contributed by atoms with Gasteiger partial charge in [0.15, 0.2) is 0 Å². The monoisotopic (exact) mass is 422 g/mol. The van der Waals surface area contributed by atoms with Crippen molar-refractivity contribution in [1.29, 1.82) is 0 Å². The molecule has 0 radical (unpaired) electrons. The summed E-state index contributed by atoms with van der Waals surface area (Å²) < 4.78 is 0. The molecule has 1 amide bonds. The first-order valence-corrected chi connectivity index (χ1v) is 10.8. The number of halogens is 1. The maximum Gasteiger partial charge on any atom is 0.226 e. The van der Waals surface area contributed by atoms with Crippen LogP contribution in [0, 0.1) is 26.7 Å². The highest BCUT2D eigenvalue weighted by atomic mass is 35.5. The van der Waals surface area contributed by atoms with Gasteiger partial charge in [-0.3, -0.25) is 4.79 Å². The minimum absolute atomic E-state index is 0.0203. The summed E-state index contributed by atoms with van der Waals surface area (Å²) in [7, 11) is 0. The number of rotatable bonds is 4. The number of anilines is 1. The quantitative estimate of drug-likeness (QED) is 0.659. The van der Waals surface area contributed by atoms with E-state index in [1.165, 1.54) is 11.1 Å². The molecule has 0 bridgehead atoms. The predicted molar refractivity (Wildman–Crippen MR) is 122 cm³/mol. The first kappa shape index (κ1) is 20.6. The molecule has 1 aromatic heterocycles. The Morgan fingerprint density at radius 2 is 1.83 bits per heavy atom. The number of aryl methyl sites for hydroxylation is 3. The molecular weight excluding hydrogens is 396 g/mol. The molecule has 2 aromatic carbocycles. The molecule has 0 unspecified atom stereocenters. The van der Waals surface area contributed by atoms with Crippen molar-refractivity contribution in [3.05, 3.63) is 63.8 Å². The lowest BCUT2D eigenvalue weighted by Gasteiger charge is -2.31. The molecule has 5 nitrogen and oxygen atoms in total. The number of aromatic nitrogens is 2. The third-order valence-electron chi connectivity index (χ3n) is 5.99. The zero-order valence-corrected chi connectivity index (χ0v) is 18.5. The Balaban J connectivity index is 1.39. The van der Waals surface area contributed by atoms with Crippen molar-refractivity contribution >= 4 is 34.4 Å². The molecule has 1 saturated heterocycles. The molecule has 0 atom stereocenters. The van der Waals surface area contributed by atoms with Gasteiger partial charge in [-0.25, -0.2) is 9.97 Å². The highest BCUT2D eigenvalue weighted by Crippen LogP contribution is 2.26. The van der Waals surface area contributed by atoms with Crippen LogP contribution >= 0.6 is 11.6 Å². The Hall–Kier alpha value is -2.66. The molecular formula is C24H27ClN4O. The molecule has 4 rings (SSSR count). The molecule has 0 spiro atoms. The van der Waals surface area contributed by atoms with Gasteiger partial charge in [-0.2, -0.15) is 0 Å². The number of piperidine rings is 1. The van der Waals surface area contributed by atoms with Crippen LogP contribution in [0.15, 0.2) is 36.4 Å². The number of amides is 1. The van der Waals surface area contributed by atoms with Gasteiger partial charge >= 0.3 is 0 Å². The molecule has 156 valence electrons. The normalized spacial score (nSPS) is 14.9. The molecule has 1 fully saturated rings. The first-order valence-electron chi connectivity index (χ1n) is 10.4. The van der Waals surface area contributed by atoms with Crippen LogP contribution < -0.4 is 10.2 Å². The van der Waals surface area contributed by atoms with Crippen molar-refractivity contribution in [1.82, 2.24) is 15.3 Å². The van der Waals surface area contributed by atoms with Gasteiger partial charge in [0.1, 0.15) is 0 Å². The van der Waals surface area contributed by atoms with E-state index in [-0.39, 0.29) is 11.8 Å². The number of benzene rings is 2. The van der Waals surface area contributed by atoms with Gasteiger partial charge in [0.25, 0.3) is 0 Å². The van der Waals surface area contributed by atoms with Crippen LogP contribution in [0.4, 0.5) is 5.95 Å². The summed E-state index contributed by atoms with van der Waals surface area (Å²) in [5.41, 5.74) is 5.49. The van der Waals surface area contributed by atoms with E-state index < -0.39 is 0 Å². The van der Waals surface area contributed by atoms with Crippen molar-refractivity contribution in [2.75, 3.05) is 18.0 Å². The summed E-state index contributed by atoms with van der Waals surface area (Å²) in [5.74, 6) is 0.893. The van der Waals surface area contributed by atoms with Crippen molar-refractivity contribution in [3.8, 4) is 0 Å². The second kappa shape index (κ2) is 8.60. The van der Waals surface area contributed by atoms with Gasteiger partial charge in [0, 0.05) is 36.0 Å². The number of carbonyl (C=O) groups excluding carboxylic acids is 1. The average molecular weight is 423 g/mol. The standard InChI is InChI=1S/C24H27ClN4O/c1-15-11-21-17(3)27-24(28-22(21)12-16(15)2)29-9-7-19(8-10-29)23(30)26-14-18-5-4-6-20(25)13-18/h4-6,11-13,19H,7-10,14H2,1-3H3,(H,26,30). The van der Waals surface area contributed by atoms with E-state index in [1.807, 2.05) is 31.2 Å². The van der Waals surface area contributed by atoms with E-state index in [4.69, 9.17) is 21.6 Å². The molecule has 1 N–H and O–H groups in total. The highest BCUT2D eigenvalue weighted by Gasteiger charge is 2.26. The smallest absolute Gasteiger partial charge is 0.226 e. The van der Waals surface area contributed by atoms with Crippen molar-refractivity contribution in [3.63, 3.8) is 0 Å². The summed E-state index contributed by atoms with van der Waals surface area (Å²) in [6, 6.07) is 11.9. The highest BCUT2D eigenvalue weighted by molar-refractivity contribution is 6.30. The molecule has 6 heteroatoms. The van der Waals surface area contributed by atoms with Crippen LogP contribution in [-0.2, 0) is 11.3 Å². The van der Waals surface area contributed by atoms with Gasteiger partial charge in [-0.15, -0.1) is 0 Å². The van der Waals surface area contributed by atoms with Crippen LogP contribution in [0.1, 0.15) is 35.2 Å². The largest absolute Gasteiger partial charge is 0.352 e. The Morgan fingerprint density at radius 3 is 2.57 bits per heavy atom. The van der Waals surface area contributed by atoms with E-state index >= 15 is 0 Å². The molecule has 0 saturated carbocycles. The summed E-state index contributed by atoms with van der Waals surface area (Å²) in [6.07, 6.45) is 1.60. The number of nitrogens with one attached hydrogen (secondary N) is 1. The van der Waals surface area contributed by atoms with Crippen LogP contribution in [-0.4, -0.2) is 29.0 Å². The minimum atomic E-state index is 0.0203. The maximum atomic E-state index is 12.6. The van der Waals surface area contributed by atoms with Crippen LogP contribution in [0.25, 0.3) is 10.9 Å². The fourth-order valence-corrected chi connectivity index (χ4v) is 4.20. The Kier molecular flexibility index (Phi) is 5.91. The summed E-state index contributed by atoms with van der Waals surface area (Å²) in [6.45, 7) is 8.34. The van der Waals surface area contributed by atoms with Gasteiger partial charge in [0.2, 0.25) is 11.9 Å². The fourth-order valence-electron chi connectivity index (χ4n) is 3.99. The third-order valence-corrected chi connectivity index (χ3v) is 6.23. The maximum absolute atomic E-state index is 12.6. The number of hydrogen-bond donors (Lipinski definition) is 1. The average Bonchev–Trinajstić information content (AvgIpc) is 2.73. The van der Waals surface area contributed by atoms with Crippen LogP contribution in [0.3, 0.4) is 0 Å². The van der Waals surface area contributed by atoms with Crippen molar-refractivity contribution < 1.29 is 4.79 Å². The number of carbonyl (C=O) groups is 1. The summed E-state index contributed by atoms with van der Waals surface area (Å²) in [4.78, 5) is 24.4. The topological polar surface area (TPSA) is 58.1 Å². The van der Waals surface area contributed by atoms with E-state index in [9.17, 15) is 4.79 Å². The molecule has 2 heterocycles. The van der Waals surface area contributed by atoms with Gasteiger partial charge in [-0.1, -0.05) is 23.7 Å². The second-order valence-corrected chi connectivity index (χ2v) is 8.61. The molecule has 0 aliphatic carbocycles. The fraction of sp³-hybridized carbons (Fsp3) is 0.375. The first-order chi connectivity index (χ1) is 14.4. The van der Waals surface area contributed by atoms with Crippen molar-refractivity contribution in [2.45, 2.75) is 40.2 Å². The predicted octanol–water partition coefficient (Wildman–Crippen LogP) is 4.74. The molecule has 1 aliphatic rings. The van der Waals surface area contributed by atoms with E-state index in [0.29, 0.717) is 11.6 Å². The van der Waals surface area contributed by atoms with Crippen LogP contribution in [0.2, 0.25) is 5.02 Å². The number of hydrogen-bond acceptors (Lipinski definition) is 4. The van der Waals surface area contributed by atoms with Gasteiger partial charge in [0.05, 0.1) is 11.2 Å². The Bertz CT molecular complexity index is 1090. The molecule has 1 aliphatic heterocycles. The van der Waals surface area contributed by atoms with E-state index in [2.05, 4.69) is 36.2 Å². The molecule has 3 aromatic rings. The lowest BCUT2D eigenvalue weighted by atomic mass is 9.96. The van der Waals surface area contributed by atoms with Gasteiger partial charge < -0.3 is 10.2 Å². The van der Waals surface area contributed by atoms with Crippen molar-refractivity contribution in [2.24, 2.45) is 5.92 Å². The lowest BCUT2D eigenvalue weighted by Crippen LogP contribution is -2.41. The zero-order valence-electron chi connectivity index (χ0n) is 17.7. The lowest BCUT2D eigenvalue weighted by molar-refractivity contribution is -0.125. The van der Waals surface area contributed by atoms with E-state index in [1.54, 1.807) is 0 Å². The summed E-state index contributed by atoms with van der Waals surface area (Å²) >= 11 is 6.02. The number of nitrogens with zero attached hydrogens (tertiary/aromatic N) is 3.